The van der Waals surface area contributed by atoms with Crippen molar-refractivity contribution in [3.8, 4) is 0 Å². The van der Waals surface area contributed by atoms with Crippen LogP contribution in [0.2, 0.25) is 0 Å². The van der Waals surface area contributed by atoms with Gasteiger partial charge in [0.05, 0.1) is 12.3 Å². The van der Waals surface area contributed by atoms with Gasteiger partial charge in [0.2, 0.25) is 10.0 Å². The summed E-state index contributed by atoms with van der Waals surface area (Å²) in [4.78, 5) is 1.23. The molecular weight excluding hydrogens is 360 g/mol. The van der Waals surface area contributed by atoms with E-state index in [2.05, 4.69) is 39.0 Å². The summed E-state index contributed by atoms with van der Waals surface area (Å²) in [5.41, 5.74) is 1.51. The van der Waals surface area contributed by atoms with Crippen molar-refractivity contribution >= 4 is 48.7 Å². The number of halogens is 1. The topological polar surface area (TPSA) is 58.2 Å². The molecule has 1 heterocycles. The maximum Gasteiger partial charge on any atom is 0.229 e. The van der Waals surface area contributed by atoms with Crippen LogP contribution in [0.4, 0.5) is 11.4 Å². The predicted octanol–water partition coefficient (Wildman–Crippen LogP) is 4.06. The molecule has 1 unspecified atom stereocenters. The maximum atomic E-state index is 11.1. The molecule has 0 aliphatic rings. The van der Waals surface area contributed by atoms with Crippen LogP contribution in [-0.4, -0.2) is 14.7 Å². The Balaban J connectivity index is 2.03. The highest BCUT2D eigenvalue weighted by Gasteiger charge is 2.08. The molecule has 1 aromatic heterocycles. The van der Waals surface area contributed by atoms with Crippen molar-refractivity contribution in [3.05, 3.63) is 45.1 Å². The Kier molecular flexibility index (Phi) is 4.72. The molecule has 2 N–H and O–H groups in total. The third-order valence-electron chi connectivity index (χ3n) is 2.59. The molecule has 0 saturated carbocycles. The number of nitrogens with one attached hydrogen (secondary N) is 2. The van der Waals surface area contributed by atoms with E-state index in [0.29, 0.717) is 5.69 Å². The molecule has 0 bridgehead atoms. The summed E-state index contributed by atoms with van der Waals surface area (Å²) < 4.78 is 25.8. The summed E-state index contributed by atoms with van der Waals surface area (Å²) in [6, 6.07) is 9.46. The van der Waals surface area contributed by atoms with Gasteiger partial charge in [-0.3, -0.25) is 4.72 Å². The van der Waals surface area contributed by atoms with Gasteiger partial charge in [-0.1, -0.05) is 0 Å². The van der Waals surface area contributed by atoms with Crippen molar-refractivity contribution < 1.29 is 8.42 Å². The number of anilines is 2. The summed E-state index contributed by atoms with van der Waals surface area (Å²) in [6.07, 6.45) is 1.13. The fraction of sp³-hybridized carbons (Fsp3) is 0.231. The van der Waals surface area contributed by atoms with Crippen LogP contribution in [0.1, 0.15) is 17.8 Å². The van der Waals surface area contributed by atoms with Crippen molar-refractivity contribution in [2.75, 3.05) is 16.3 Å². The van der Waals surface area contributed by atoms with Gasteiger partial charge in [0.1, 0.15) is 0 Å². The van der Waals surface area contributed by atoms with Gasteiger partial charge in [0, 0.05) is 26.1 Å². The molecule has 1 atom stereocenters. The molecule has 0 aliphatic heterocycles. The van der Waals surface area contributed by atoms with E-state index in [4.69, 9.17) is 0 Å². The van der Waals surface area contributed by atoms with Gasteiger partial charge >= 0.3 is 0 Å². The van der Waals surface area contributed by atoms with Crippen molar-refractivity contribution in [2.45, 2.75) is 13.0 Å². The molecule has 0 aliphatic carbocycles. The summed E-state index contributed by atoms with van der Waals surface area (Å²) >= 11 is 5.13. The van der Waals surface area contributed by atoms with Crippen LogP contribution in [0, 0.1) is 0 Å². The first-order valence-electron chi connectivity index (χ1n) is 5.92. The van der Waals surface area contributed by atoms with E-state index in [1.54, 1.807) is 23.5 Å². The van der Waals surface area contributed by atoms with Gasteiger partial charge < -0.3 is 5.32 Å². The monoisotopic (exact) mass is 374 g/mol. The van der Waals surface area contributed by atoms with Gasteiger partial charge in [0.15, 0.2) is 0 Å². The third kappa shape index (κ3) is 4.50. The molecule has 20 heavy (non-hydrogen) atoms. The Bertz CT molecular complexity index is 681. The zero-order valence-electron chi connectivity index (χ0n) is 11.1. The van der Waals surface area contributed by atoms with E-state index in [-0.39, 0.29) is 6.04 Å². The number of thiophene rings is 1. The normalized spacial score (nSPS) is 12.9. The molecule has 2 aromatic rings. The van der Waals surface area contributed by atoms with Crippen LogP contribution in [0.25, 0.3) is 0 Å². The highest BCUT2D eigenvalue weighted by Crippen LogP contribution is 2.28. The lowest BCUT2D eigenvalue weighted by atomic mass is 10.2. The van der Waals surface area contributed by atoms with Crippen LogP contribution in [0.15, 0.2) is 40.2 Å². The third-order valence-corrected chi connectivity index (χ3v) is 5.07. The Hall–Kier alpha value is -1.05. The van der Waals surface area contributed by atoms with Gasteiger partial charge in [0.25, 0.3) is 0 Å². The van der Waals surface area contributed by atoms with Gasteiger partial charge in [-0.05, 0) is 53.2 Å². The molecule has 4 nitrogen and oxygen atoms in total. The molecule has 2 rings (SSSR count). The molecule has 1 aromatic carbocycles. The van der Waals surface area contributed by atoms with Crippen LogP contribution >= 0.6 is 27.3 Å². The number of hydrogen-bond acceptors (Lipinski definition) is 4. The van der Waals surface area contributed by atoms with Crippen molar-refractivity contribution in [3.63, 3.8) is 0 Å². The predicted molar refractivity (Wildman–Crippen MR) is 89.0 cm³/mol. The first-order chi connectivity index (χ1) is 9.33. The molecule has 108 valence electrons. The second kappa shape index (κ2) is 6.15. The largest absolute Gasteiger partial charge is 0.378 e. The number of rotatable bonds is 5. The number of sulfonamides is 1. The molecule has 7 heteroatoms. The first-order valence-corrected chi connectivity index (χ1v) is 9.48. The Morgan fingerprint density at radius 1 is 1.20 bits per heavy atom. The second-order valence-corrected chi connectivity index (χ2v) is 8.09. The SMILES string of the molecule is CC(Nc1ccc(NS(C)(=O)=O)cc1)c1cc(Br)cs1. The smallest absolute Gasteiger partial charge is 0.229 e. The maximum absolute atomic E-state index is 11.1. The zero-order chi connectivity index (χ0) is 14.8. The highest BCUT2D eigenvalue weighted by atomic mass is 79.9. The first kappa shape index (κ1) is 15.3. The molecular formula is C13H15BrN2O2S2. The molecule has 0 amide bonds. The summed E-state index contributed by atoms with van der Waals surface area (Å²) in [6.45, 7) is 2.08. The van der Waals surface area contributed by atoms with Crippen LogP contribution in [0.5, 0.6) is 0 Å². The summed E-state index contributed by atoms with van der Waals surface area (Å²) in [7, 11) is -3.23. The molecule has 0 spiro atoms. The quantitative estimate of drug-likeness (QED) is 0.829. The van der Waals surface area contributed by atoms with Crippen LogP contribution < -0.4 is 10.0 Å². The van der Waals surface area contributed by atoms with Crippen molar-refractivity contribution in [2.24, 2.45) is 0 Å². The van der Waals surface area contributed by atoms with E-state index >= 15 is 0 Å². The molecule has 0 radical (unpaired) electrons. The lowest BCUT2D eigenvalue weighted by molar-refractivity contribution is 0.607. The van der Waals surface area contributed by atoms with E-state index in [9.17, 15) is 8.42 Å². The summed E-state index contributed by atoms with van der Waals surface area (Å²) in [5, 5.41) is 5.42. The minimum absolute atomic E-state index is 0.194. The minimum atomic E-state index is -3.23. The van der Waals surface area contributed by atoms with Crippen LogP contribution in [-0.2, 0) is 10.0 Å². The fourth-order valence-corrected chi connectivity index (χ4v) is 3.74. The van der Waals surface area contributed by atoms with E-state index in [1.807, 2.05) is 17.5 Å². The van der Waals surface area contributed by atoms with Crippen molar-refractivity contribution in [1.29, 1.82) is 0 Å². The Morgan fingerprint density at radius 2 is 1.80 bits per heavy atom. The Morgan fingerprint density at radius 3 is 2.30 bits per heavy atom. The zero-order valence-corrected chi connectivity index (χ0v) is 14.3. The lowest BCUT2D eigenvalue weighted by Gasteiger charge is -2.14. The van der Waals surface area contributed by atoms with E-state index in [1.165, 1.54) is 4.88 Å². The molecule has 0 fully saturated rings. The summed E-state index contributed by atoms with van der Waals surface area (Å²) in [5.74, 6) is 0. The Labute approximate surface area is 131 Å². The highest BCUT2D eigenvalue weighted by molar-refractivity contribution is 9.10. The van der Waals surface area contributed by atoms with Crippen LogP contribution in [0.3, 0.4) is 0 Å². The lowest BCUT2D eigenvalue weighted by Crippen LogP contribution is -2.09. The number of hydrogen-bond donors (Lipinski definition) is 2. The standard InChI is InChI=1S/C13H15BrN2O2S2/c1-9(13-7-10(14)8-19-13)15-11-3-5-12(6-4-11)16-20(2,17)18/h3-9,15-16H,1-2H3. The fourth-order valence-electron chi connectivity index (χ4n) is 1.73. The van der Waals surface area contributed by atoms with Gasteiger partial charge in [-0.15, -0.1) is 11.3 Å². The minimum Gasteiger partial charge on any atom is -0.378 e. The second-order valence-electron chi connectivity index (χ2n) is 4.48. The number of benzene rings is 1. The van der Waals surface area contributed by atoms with Crippen molar-refractivity contribution in [1.82, 2.24) is 0 Å². The van der Waals surface area contributed by atoms with Gasteiger partial charge in [-0.25, -0.2) is 8.42 Å². The average Bonchev–Trinajstić information content (AvgIpc) is 2.77. The van der Waals surface area contributed by atoms with E-state index < -0.39 is 10.0 Å². The average molecular weight is 375 g/mol. The molecule has 0 saturated heterocycles. The van der Waals surface area contributed by atoms with Gasteiger partial charge in [-0.2, -0.15) is 0 Å². The van der Waals surface area contributed by atoms with E-state index in [0.717, 1.165) is 16.4 Å².